The molecular formula is C11H20N4O. The molecular weight excluding hydrogens is 204 g/mol. The first-order chi connectivity index (χ1) is 7.77. The Morgan fingerprint density at radius 2 is 2.25 bits per heavy atom. The fraction of sp³-hybridized carbons (Fsp3) is 0.818. The molecule has 0 atom stereocenters. The molecule has 0 radical (unpaired) electrons. The number of nitrogens with zero attached hydrogens (tertiary/aromatic N) is 3. The zero-order valence-corrected chi connectivity index (χ0v) is 10.0. The molecule has 0 aliphatic carbocycles. The molecule has 1 aromatic heterocycles. The minimum Gasteiger partial charge on any atom is -0.370 e. The molecule has 5 heteroatoms. The van der Waals surface area contributed by atoms with Crippen LogP contribution in [0.5, 0.6) is 0 Å². The van der Waals surface area contributed by atoms with Gasteiger partial charge in [-0.15, -0.1) is 0 Å². The third-order valence-corrected chi connectivity index (χ3v) is 2.87. The van der Waals surface area contributed by atoms with Gasteiger partial charge in [0.1, 0.15) is 12.9 Å². The van der Waals surface area contributed by atoms with E-state index in [1.54, 1.807) is 6.33 Å². The van der Waals surface area contributed by atoms with Crippen LogP contribution in [-0.4, -0.2) is 34.0 Å². The maximum Gasteiger partial charge on any atom is 0.153 e. The molecule has 2 heterocycles. The molecule has 1 saturated heterocycles. The average molecular weight is 224 g/mol. The van der Waals surface area contributed by atoms with Crippen molar-refractivity contribution in [1.82, 2.24) is 20.1 Å². The highest BCUT2D eigenvalue weighted by atomic mass is 16.5. The molecule has 0 bridgehead atoms. The first-order valence-electron chi connectivity index (χ1n) is 5.98. The van der Waals surface area contributed by atoms with E-state index >= 15 is 0 Å². The van der Waals surface area contributed by atoms with Crippen LogP contribution in [0.2, 0.25) is 0 Å². The largest absolute Gasteiger partial charge is 0.370 e. The lowest BCUT2D eigenvalue weighted by atomic mass is 10.1. The smallest absolute Gasteiger partial charge is 0.153 e. The summed E-state index contributed by atoms with van der Waals surface area (Å²) in [4.78, 5) is 4.23. The maximum atomic E-state index is 5.85. The minimum absolute atomic E-state index is 0.342. The Morgan fingerprint density at radius 1 is 1.50 bits per heavy atom. The number of hydrogen-bond donors (Lipinski definition) is 1. The third-order valence-electron chi connectivity index (χ3n) is 2.87. The molecule has 16 heavy (non-hydrogen) atoms. The van der Waals surface area contributed by atoms with Crippen molar-refractivity contribution in [2.75, 3.05) is 13.1 Å². The summed E-state index contributed by atoms with van der Waals surface area (Å²) < 4.78 is 7.77. The van der Waals surface area contributed by atoms with Gasteiger partial charge in [-0.2, -0.15) is 5.10 Å². The fourth-order valence-electron chi connectivity index (χ4n) is 1.96. The molecule has 5 nitrogen and oxygen atoms in total. The summed E-state index contributed by atoms with van der Waals surface area (Å²) in [6.45, 7) is 6.89. The van der Waals surface area contributed by atoms with Crippen LogP contribution in [0.25, 0.3) is 0 Å². The minimum atomic E-state index is 0.342. The standard InChI is InChI=1S/C11H20N4O/c1-9(2)15-11(13-8-14-15)7-16-10-3-5-12-6-4-10/h8-10,12H,3-7H2,1-2H3. The second-order valence-corrected chi connectivity index (χ2v) is 4.47. The lowest BCUT2D eigenvalue weighted by molar-refractivity contribution is 0.0156. The fourth-order valence-corrected chi connectivity index (χ4v) is 1.96. The topological polar surface area (TPSA) is 52.0 Å². The van der Waals surface area contributed by atoms with Gasteiger partial charge in [0, 0.05) is 6.04 Å². The van der Waals surface area contributed by atoms with Gasteiger partial charge in [-0.05, 0) is 39.8 Å². The summed E-state index contributed by atoms with van der Waals surface area (Å²) in [5.41, 5.74) is 0. The molecule has 1 fully saturated rings. The van der Waals surface area contributed by atoms with Crippen molar-refractivity contribution in [2.45, 2.75) is 45.4 Å². The molecule has 0 aromatic carbocycles. The van der Waals surface area contributed by atoms with Gasteiger partial charge in [-0.1, -0.05) is 0 Å². The van der Waals surface area contributed by atoms with Crippen LogP contribution in [0.1, 0.15) is 38.6 Å². The van der Waals surface area contributed by atoms with E-state index in [-0.39, 0.29) is 0 Å². The Bertz CT molecular complexity index is 318. The number of aromatic nitrogens is 3. The first-order valence-corrected chi connectivity index (χ1v) is 5.98. The Morgan fingerprint density at radius 3 is 2.94 bits per heavy atom. The van der Waals surface area contributed by atoms with E-state index < -0.39 is 0 Å². The highest BCUT2D eigenvalue weighted by Crippen LogP contribution is 2.11. The van der Waals surface area contributed by atoms with E-state index in [2.05, 4.69) is 29.2 Å². The van der Waals surface area contributed by atoms with Crippen molar-refractivity contribution < 1.29 is 4.74 Å². The quantitative estimate of drug-likeness (QED) is 0.833. The summed E-state index contributed by atoms with van der Waals surface area (Å²) in [7, 11) is 0. The van der Waals surface area contributed by atoms with Crippen molar-refractivity contribution in [2.24, 2.45) is 0 Å². The molecule has 0 spiro atoms. The van der Waals surface area contributed by atoms with Crippen LogP contribution < -0.4 is 5.32 Å². The van der Waals surface area contributed by atoms with Crippen LogP contribution in [0, 0.1) is 0 Å². The van der Waals surface area contributed by atoms with Crippen LogP contribution in [0.4, 0.5) is 0 Å². The van der Waals surface area contributed by atoms with E-state index in [0.717, 1.165) is 31.8 Å². The van der Waals surface area contributed by atoms with Gasteiger partial charge in [0.05, 0.1) is 6.10 Å². The third kappa shape index (κ3) is 2.80. The van der Waals surface area contributed by atoms with Crippen LogP contribution in [-0.2, 0) is 11.3 Å². The van der Waals surface area contributed by atoms with E-state index in [4.69, 9.17) is 4.74 Å². The Kier molecular flexibility index (Phi) is 3.90. The highest BCUT2D eigenvalue weighted by Gasteiger charge is 2.15. The number of rotatable bonds is 4. The molecule has 1 aliphatic rings. The van der Waals surface area contributed by atoms with Gasteiger partial charge in [-0.3, -0.25) is 0 Å². The summed E-state index contributed by atoms with van der Waals surface area (Å²) >= 11 is 0. The zero-order valence-electron chi connectivity index (χ0n) is 10.0. The van der Waals surface area contributed by atoms with E-state index in [0.29, 0.717) is 18.8 Å². The number of hydrogen-bond acceptors (Lipinski definition) is 4. The first kappa shape index (κ1) is 11.5. The maximum absolute atomic E-state index is 5.85. The normalized spacial score (nSPS) is 18.2. The Hall–Kier alpha value is -0.940. The molecule has 0 unspecified atom stereocenters. The second kappa shape index (κ2) is 5.41. The predicted octanol–water partition coefficient (Wildman–Crippen LogP) is 1.13. The second-order valence-electron chi connectivity index (χ2n) is 4.47. The molecule has 90 valence electrons. The average Bonchev–Trinajstić information content (AvgIpc) is 2.76. The monoisotopic (exact) mass is 224 g/mol. The zero-order chi connectivity index (χ0) is 11.4. The summed E-state index contributed by atoms with van der Waals surface area (Å²) in [6.07, 6.45) is 4.16. The van der Waals surface area contributed by atoms with Crippen LogP contribution >= 0.6 is 0 Å². The summed E-state index contributed by atoms with van der Waals surface area (Å²) in [6, 6.07) is 0.342. The number of nitrogens with one attached hydrogen (secondary N) is 1. The van der Waals surface area contributed by atoms with Crippen LogP contribution in [0.3, 0.4) is 0 Å². The van der Waals surface area contributed by atoms with Gasteiger partial charge >= 0.3 is 0 Å². The van der Waals surface area contributed by atoms with Crippen molar-refractivity contribution in [3.63, 3.8) is 0 Å². The van der Waals surface area contributed by atoms with Gasteiger partial charge in [-0.25, -0.2) is 9.67 Å². The summed E-state index contributed by atoms with van der Waals surface area (Å²) in [5.74, 6) is 0.925. The van der Waals surface area contributed by atoms with Gasteiger partial charge in [0.2, 0.25) is 0 Å². The van der Waals surface area contributed by atoms with Gasteiger partial charge < -0.3 is 10.1 Å². The number of piperidine rings is 1. The highest BCUT2D eigenvalue weighted by molar-refractivity contribution is 4.84. The van der Waals surface area contributed by atoms with E-state index in [1.807, 2.05) is 4.68 Å². The molecule has 1 N–H and O–H groups in total. The van der Waals surface area contributed by atoms with Crippen molar-refractivity contribution in [1.29, 1.82) is 0 Å². The number of ether oxygens (including phenoxy) is 1. The molecule has 2 rings (SSSR count). The molecule has 1 aromatic rings. The lowest BCUT2D eigenvalue weighted by Crippen LogP contribution is -2.32. The van der Waals surface area contributed by atoms with Gasteiger partial charge in [0.15, 0.2) is 5.82 Å². The Balaban J connectivity index is 1.86. The lowest BCUT2D eigenvalue weighted by Gasteiger charge is -2.23. The molecule has 0 saturated carbocycles. The van der Waals surface area contributed by atoms with Gasteiger partial charge in [0.25, 0.3) is 0 Å². The predicted molar refractivity (Wildman–Crippen MR) is 61.1 cm³/mol. The van der Waals surface area contributed by atoms with Crippen molar-refractivity contribution in [3.8, 4) is 0 Å². The molecule has 1 aliphatic heterocycles. The van der Waals surface area contributed by atoms with Crippen LogP contribution in [0.15, 0.2) is 6.33 Å². The van der Waals surface area contributed by atoms with Crippen molar-refractivity contribution >= 4 is 0 Å². The summed E-state index contributed by atoms with van der Waals surface area (Å²) in [5, 5.41) is 7.52. The van der Waals surface area contributed by atoms with Crippen molar-refractivity contribution in [3.05, 3.63) is 12.2 Å². The van der Waals surface area contributed by atoms with E-state index in [9.17, 15) is 0 Å². The molecule has 0 amide bonds. The van der Waals surface area contributed by atoms with E-state index in [1.165, 1.54) is 0 Å². The Labute approximate surface area is 96.2 Å². The SMILES string of the molecule is CC(C)n1ncnc1COC1CCNCC1.